The number of benzene rings is 2. The van der Waals surface area contributed by atoms with E-state index in [1.54, 1.807) is 11.1 Å². The van der Waals surface area contributed by atoms with Crippen LogP contribution in [-0.4, -0.2) is 25.0 Å². The zero-order valence-electron chi connectivity index (χ0n) is 25.9. The summed E-state index contributed by atoms with van der Waals surface area (Å²) in [6.07, 6.45) is 16.6. The number of likely N-dealkylation sites (tertiary alicyclic amines) is 1. The number of terminal acetylenes is 1. The normalized spacial score (nSPS) is 14.1. The molecule has 0 amide bonds. The van der Waals surface area contributed by atoms with Crippen LogP contribution in [0.4, 0.5) is 0 Å². The van der Waals surface area contributed by atoms with Crippen LogP contribution in [0.2, 0.25) is 0 Å². The third-order valence-corrected chi connectivity index (χ3v) is 7.07. The first-order valence-corrected chi connectivity index (χ1v) is 14.7. The Bertz CT molecular complexity index is 1160. The minimum atomic E-state index is 0.377. The van der Waals surface area contributed by atoms with Crippen LogP contribution < -0.4 is 5.32 Å². The molecule has 40 heavy (non-hydrogen) atoms. The Kier molecular flexibility index (Phi) is 16.8. The van der Waals surface area contributed by atoms with Crippen molar-refractivity contribution in [2.75, 3.05) is 20.1 Å². The highest BCUT2D eigenvalue weighted by atomic mass is 15.1. The smallest absolute Gasteiger partial charge is 0.0425 e. The summed E-state index contributed by atoms with van der Waals surface area (Å²) in [5.41, 5.74) is 10.6. The zero-order valence-corrected chi connectivity index (χ0v) is 25.9. The van der Waals surface area contributed by atoms with Crippen molar-refractivity contribution in [1.29, 1.82) is 0 Å². The van der Waals surface area contributed by atoms with Crippen LogP contribution in [0.5, 0.6) is 0 Å². The van der Waals surface area contributed by atoms with Crippen molar-refractivity contribution in [3.05, 3.63) is 121 Å². The predicted molar refractivity (Wildman–Crippen MR) is 179 cm³/mol. The molecule has 1 aliphatic heterocycles. The van der Waals surface area contributed by atoms with E-state index in [2.05, 4.69) is 117 Å². The van der Waals surface area contributed by atoms with Gasteiger partial charge in [-0.25, -0.2) is 0 Å². The van der Waals surface area contributed by atoms with Gasteiger partial charge in [-0.1, -0.05) is 86.7 Å². The van der Waals surface area contributed by atoms with Crippen molar-refractivity contribution >= 4 is 0 Å². The molecule has 1 unspecified atom stereocenters. The number of hydrogen-bond donors (Lipinski definition) is 1. The molecule has 1 N–H and O–H groups in total. The fraction of sp³-hybridized carbons (Fsp3) is 0.368. The van der Waals surface area contributed by atoms with E-state index in [1.807, 2.05) is 20.9 Å². The van der Waals surface area contributed by atoms with Crippen LogP contribution >= 0.6 is 0 Å². The van der Waals surface area contributed by atoms with E-state index in [0.29, 0.717) is 12.5 Å². The Morgan fingerprint density at radius 1 is 0.975 bits per heavy atom. The summed E-state index contributed by atoms with van der Waals surface area (Å²) in [6.45, 7) is 24.6. The Hall–Kier alpha value is -3.54. The minimum Gasteiger partial charge on any atom is -0.371 e. The molecule has 2 aromatic rings. The highest BCUT2D eigenvalue weighted by Gasteiger charge is 2.20. The Labute approximate surface area is 246 Å². The van der Waals surface area contributed by atoms with Crippen molar-refractivity contribution in [1.82, 2.24) is 10.2 Å². The van der Waals surface area contributed by atoms with Crippen LogP contribution in [0.3, 0.4) is 0 Å². The van der Waals surface area contributed by atoms with Crippen LogP contribution in [0.1, 0.15) is 77.0 Å². The Morgan fingerprint density at radius 2 is 1.62 bits per heavy atom. The maximum Gasteiger partial charge on any atom is 0.0425 e. The van der Waals surface area contributed by atoms with Crippen LogP contribution in [0.25, 0.3) is 11.1 Å². The first-order chi connectivity index (χ1) is 19.4. The van der Waals surface area contributed by atoms with E-state index >= 15 is 0 Å². The topological polar surface area (TPSA) is 15.3 Å². The average Bonchev–Trinajstić information content (AvgIpc) is 3.02. The third kappa shape index (κ3) is 11.3. The van der Waals surface area contributed by atoms with Crippen molar-refractivity contribution in [2.45, 2.75) is 72.3 Å². The van der Waals surface area contributed by atoms with Gasteiger partial charge in [0.2, 0.25) is 0 Å². The van der Waals surface area contributed by atoms with E-state index in [9.17, 15) is 0 Å². The SMILES string of the molecule is C#CCc1cccc(-c2ccc(C(C)NC)cc2)c1.C=C.C=C(C)CCC(=C)N1CCC2=CCCC=C2C1.CC. The number of nitrogens with one attached hydrogen (secondary N) is 1. The lowest BCUT2D eigenvalue weighted by atomic mass is 9.91. The molecule has 0 bridgehead atoms. The van der Waals surface area contributed by atoms with Crippen LogP contribution in [-0.2, 0) is 6.42 Å². The first kappa shape index (κ1) is 34.5. The minimum absolute atomic E-state index is 0.377. The second kappa shape index (κ2) is 19.5. The number of fused-ring (bicyclic) bond motifs is 1. The first-order valence-electron chi connectivity index (χ1n) is 14.7. The lowest BCUT2D eigenvalue weighted by Gasteiger charge is -2.35. The van der Waals surface area contributed by atoms with Gasteiger partial charge in [0.1, 0.15) is 0 Å². The molecule has 2 aliphatic rings. The van der Waals surface area contributed by atoms with E-state index < -0.39 is 0 Å². The van der Waals surface area contributed by atoms with E-state index in [0.717, 1.165) is 25.9 Å². The van der Waals surface area contributed by atoms with E-state index in [4.69, 9.17) is 6.42 Å². The molecule has 1 aliphatic carbocycles. The van der Waals surface area contributed by atoms with Gasteiger partial charge in [0.05, 0.1) is 0 Å². The molecule has 1 fully saturated rings. The molecular weight excluding hydrogens is 484 g/mol. The van der Waals surface area contributed by atoms with Crippen molar-refractivity contribution in [3.8, 4) is 23.5 Å². The molecule has 214 valence electrons. The second-order valence-corrected chi connectivity index (χ2v) is 9.94. The fourth-order valence-electron chi connectivity index (χ4n) is 4.64. The van der Waals surface area contributed by atoms with Gasteiger partial charge in [0.15, 0.2) is 0 Å². The number of hydrogen-bond acceptors (Lipinski definition) is 2. The molecule has 2 heteroatoms. The summed E-state index contributed by atoms with van der Waals surface area (Å²) in [5, 5.41) is 3.24. The van der Waals surface area contributed by atoms with Gasteiger partial charge in [-0.3, -0.25) is 0 Å². The zero-order chi connectivity index (χ0) is 29.9. The van der Waals surface area contributed by atoms with Crippen LogP contribution in [0.15, 0.2) is 109 Å². The monoisotopic (exact) mass is 536 g/mol. The van der Waals surface area contributed by atoms with Crippen molar-refractivity contribution in [2.24, 2.45) is 0 Å². The lowest BCUT2D eigenvalue weighted by molar-refractivity contribution is 0.344. The lowest BCUT2D eigenvalue weighted by Crippen LogP contribution is -2.32. The number of piperidine rings is 1. The largest absolute Gasteiger partial charge is 0.371 e. The summed E-state index contributed by atoms with van der Waals surface area (Å²) in [4.78, 5) is 2.44. The molecule has 1 saturated heterocycles. The summed E-state index contributed by atoms with van der Waals surface area (Å²) in [6, 6.07) is 17.5. The van der Waals surface area contributed by atoms with Gasteiger partial charge in [0.25, 0.3) is 0 Å². The highest BCUT2D eigenvalue weighted by Crippen LogP contribution is 2.29. The molecule has 0 radical (unpaired) electrons. The highest BCUT2D eigenvalue weighted by molar-refractivity contribution is 5.64. The van der Waals surface area contributed by atoms with E-state index in [1.165, 1.54) is 52.8 Å². The standard InChI is InChI=1S/C18H19N.C16H23N.C2H6.C2H4/c1-4-6-15-7-5-8-18(13-15)17-11-9-16(10-12-17)14(2)19-3;1-13(2)8-9-14(3)17-11-10-15-6-4-5-7-16(15)12-17;2*1-2/h1,5,7-14,19H,6H2,2-3H3;6-7H,1,3-5,8-12H2,2H3;1-2H3;1-2H2. The molecule has 0 spiro atoms. The van der Waals surface area contributed by atoms with Crippen molar-refractivity contribution in [3.63, 3.8) is 0 Å². The van der Waals surface area contributed by atoms with Crippen molar-refractivity contribution < 1.29 is 0 Å². The van der Waals surface area contributed by atoms with Gasteiger partial charge >= 0.3 is 0 Å². The maximum absolute atomic E-state index is 5.36. The second-order valence-electron chi connectivity index (χ2n) is 9.94. The van der Waals surface area contributed by atoms with Gasteiger partial charge in [-0.15, -0.1) is 32.1 Å². The molecule has 1 heterocycles. The molecule has 0 saturated carbocycles. The average molecular weight is 537 g/mol. The summed E-state index contributed by atoms with van der Waals surface area (Å²) in [5.74, 6) is 2.69. The molecular formula is C38H52N2. The van der Waals surface area contributed by atoms with Gasteiger partial charge in [-0.05, 0) is 86.4 Å². The molecule has 4 rings (SSSR count). The Morgan fingerprint density at radius 3 is 2.23 bits per heavy atom. The molecule has 2 nitrogen and oxygen atoms in total. The maximum atomic E-state index is 5.36. The third-order valence-electron chi connectivity index (χ3n) is 7.07. The summed E-state index contributed by atoms with van der Waals surface area (Å²) in [7, 11) is 1.97. The van der Waals surface area contributed by atoms with Gasteiger partial charge < -0.3 is 10.2 Å². The van der Waals surface area contributed by atoms with E-state index in [-0.39, 0.29) is 0 Å². The summed E-state index contributed by atoms with van der Waals surface area (Å²) >= 11 is 0. The Balaban J connectivity index is 0.000000358. The molecule has 0 aromatic heterocycles. The molecule has 1 atom stereocenters. The quantitative estimate of drug-likeness (QED) is 0.267. The predicted octanol–water partition coefficient (Wildman–Crippen LogP) is 9.85. The summed E-state index contributed by atoms with van der Waals surface area (Å²) < 4.78 is 0. The number of nitrogens with zero attached hydrogens (tertiary/aromatic N) is 1. The fourth-order valence-corrected chi connectivity index (χ4v) is 4.64. The van der Waals surface area contributed by atoms with Crippen LogP contribution in [0, 0.1) is 12.3 Å². The van der Waals surface area contributed by atoms with Gasteiger partial charge in [-0.2, -0.15) is 0 Å². The number of allylic oxidation sites excluding steroid dienone is 4. The molecule has 2 aromatic carbocycles. The number of rotatable bonds is 8. The van der Waals surface area contributed by atoms with Gasteiger partial charge in [0, 0.05) is 31.2 Å².